The van der Waals surface area contributed by atoms with Crippen LogP contribution in [-0.4, -0.2) is 12.3 Å². The van der Waals surface area contributed by atoms with Crippen molar-refractivity contribution in [2.75, 3.05) is 0 Å². The highest BCUT2D eigenvalue weighted by Gasteiger charge is 2.48. The summed E-state index contributed by atoms with van der Waals surface area (Å²) >= 11 is 6.05. The lowest BCUT2D eigenvalue weighted by atomic mass is 10.0. The molecule has 16 heavy (non-hydrogen) atoms. The highest BCUT2D eigenvalue weighted by Crippen LogP contribution is 2.38. The summed E-state index contributed by atoms with van der Waals surface area (Å²) in [7, 11) is 0. The summed E-state index contributed by atoms with van der Waals surface area (Å²) in [6.07, 6.45) is -3.80. The largest absolute Gasteiger partial charge is 0.326 e. The van der Waals surface area contributed by atoms with Gasteiger partial charge in [-0.05, 0) is 23.8 Å². The second-order valence-corrected chi connectivity index (χ2v) is 4.89. The van der Waals surface area contributed by atoms with Crippen LogP contribution < -0.4 is 5.73 Å². The summed E-state index contributed by atoms with van der Waals surface area (Å²) in [6.45, 7) is 0. The van der Waals surface area contributed by atoms with E-state index in [1.165, 1.54) is 12.1 Å². The average Bonchev–Trinajstić information content (AvgIpc) is 2.20. The quantitative estimate of drug-likeness (QED) is 0.802. The summed E-state index contributed by atoms with van der Waals surface area (Å²) < 4.78 is 51.1. The number of halogens is 6. The van der Waals surface area contributed by atoms with Gasteiger partial charge < -0.3 is 5.73 Å². The Balaban J connectivity index is 3.14. The molecule has 0 aliphatic carbocycles. The molecule has 0 amide bonds. The van der Waals surface area contributed by atoms with Gasteiger partial charge in [-0.15, -0.1) is 0 Å². The topological polar surface area (TPSA) is 26.0 Å². The van der Waals surface area contributed by atoms with Crippen LogP contribution in [0.1, 0.15) is 11.6 Å². The van der Waals surface area contributed by atoms with Crippen LogP contribution in [0.15, 0.2) is 27.1 Å². The number of hydrogen-bond acceptors (Lipinski definition) is 1. The Labute approximate surface area is 106 Å². The van der Waals surface area contributed by atoms with Crippen molar-refractivity contribution in [3.63, 3.8) is 0 Å². The van der Waals surface area contributed by atoms with Crippen molar-refractivity contribution < 1.29 is 17.6 Å². The van der Waals surface area contributed by atoms with Crippen LogP contribution in [0.2, 0.25) is 0 Å². The molecule has 1 aromatic rings. The molecule has 0 heterocycles. The first-order valence-electron chi connectivity index (χ1n) is 4.13. The summed E-state index contributed by atoms with van der Waals surface area (Å²) in [6, 6.07) is 2.27. The Morgan fingerprint density at radius 1 is 1.19 bits per heavy atom. The zero-order valence-corrected chi connectivity index (χ0v) is 10.9. The minimum Gasteiger partial charge on any atom is -0.319 e. The van der Waals surface area contributed by atoms with Crippen LogP contribution in [0.3, 0.4) is 0 Å². The van der Waals surface area contributed by atoms with Gasteiger partial charge >= 0.3 is 12.3 Å². The third-order valence-electron chi connectivity index (χ3n) is 2.00. The molecular formula is C9H7Br2F4N. The van der Waals surface area contributed by atoms with Crippen LogP contribution >= 0.6 is 31.9 Å². The minimum atomic E-state index is -4.26. The molecule has 1 atom stereocenters. The second-order valence-electron chi connectivity index (χ2n) is 3.12. The van der Waals surface area contributed by atoms with Crippen LogP contribution in [0.4, 0.5) is 17.6 Å². The summed E-state index contributed by atoms with van der Waals surface area (Å²) in [5.74, 6) is -4.26. The van der Waals surface area contributed by atoms with Gasteiger partial charge in [0.25, 0.3) is 0 Å². The van der Waals surface area contributed by atoms with Crippen LogP contribution in [0.5, 0.6) is 0 Å². The monoisotopic (exact) mass is 363 g/mol. The Kier molecular flexibility index (Phi) is 4.36. The molecule has 0 spiro atoms. The van der Waals surface area contributed by atoms with Gasteiger partial charge in [-0.2, -0.15) is 8.78 Å². The van der Waals surface area contributed by atoms with Gasteiger partial charge in [-0.1, -0.05) is 31.9 Å². The Morgan fingerprint density at radius 3 is 2.25 bits per heavy atom. The van der Waals surface area contributed by atoms with Crippen molar-refractivity contribution >= 4 is 31.9 Å². The lowest BCUT2D eigenvalue weighted by Gasteiger charge is -2.23. The molecule has 0 saturated carbocycles. The van der Waals surface area contributed by atoms with Crippen molar-refractivity contribution in [2.45, 2.75) is 18.4 Å². The molecule has 1 unspecified atom stereocenters. The van der Waals surface area contributed by atoms with E-state index in [1.807, 2.05) is 0 Å². The lowest BCUT2D eigenvalue weighted by Crippen LogP contribution is -2.39. The smallest absolute Gasteiger partial charge is 0.319 e. The number of nitrogens with two attached hydrogens (primary N) is 1. The van der Waals surface area contributed by atoms with E-state index in [0.29, 0.717) is 4.47 Å². The van der Waals surface area contributed by atoms with E-state index in [4.69, 9.17) is 5.73 Å². The fourth-order valence-corrected chi connectivity index (χ4v) is 1.97. The summed E-state index contributed by atoms with van der Waals surface area (Å²) in [5.41, 5.74) is 5.09. The first-order chi connectivity index (χ1) is 7.26. The maximum absolute atomic E-state index is 13.0. The predicted octanol–water partition coefficient (Wildman–Crippen LogP) is 4.11. The molecule has 0 aliphatic rings. The second kappa shape index (κ2) is 5.01. The van der Waals surface area contributed by atoms with E-state index in [2.05, 4.69) is 31.9 Å². The first kappa shape index (κ1) is 13.9. The number of rotatable bonds is 3. The van der Waals surface area contributed by atoms with E-state index < -0.39 is 18.4 Å². The lowest BCUT2D eigenvalue weighted by molar-refractivity contribution is -0.144. The molecule has 7 heteroatoms. The molecular weight excluding hydrogens is 358 g/mol. The summed E-state index contributed by atoms with van der Waals surface area (Å²) in [5, 5.41) is 0. The summed E-state index contributed by atoms with van der Waals surface area (Å²) in [4.78, 5) is 0. The Bertz CT molecular complexity index is 384. The maximum Gasteiger partial charge on any atom is 0.326 e. The maximum atomic E-state index is 13.0. The molecule has 0 fully saturated rings. The van der Waals surface area contributed by atoms with Gasteiger partial charge in [-0.3, -0.25) is 0 Å². The fourth-order valence-electron chi connectivity index (χ4n) is 1.10. The molecule has 1 aromatic carbocycles. The molecule has 0 radical (unpaired) electrons. The molecule has 2 N–H and O–H groups in total. The van der Waals surface area contributed by atoms with Crippen molar-refractivity contribution in [2.24, 2.45) is 5.73 Å². The Morgan fingerprint density at radius 2 is 1.75 bits per heavy atom. The van der Waals surface area contributed by atoms with Gasteiger partial charge in [0.15, 0.2) is 0 Å². The minimum absolute atomic E-state index is 0.0697. The SMILES string of the molecule is NC(c1cc(Br)ccc1Br)C(F)(F)C(F)F. The average molecular weight is 365 g/mol. The molecule has 0 aliphatic heterocycles. The van der Waals surface area contributed by atoms with Crippen LogP contribution in [0.25, 0.3) is 0 Å². The third kappa shape index (κ3) is 2.75. The number of hydrogen-bond donors (Lipinski definition) is 1. The molecule has 90 valence electrons. The van der Waals surface area contributed by atoms with Crippen molar-refractivity contribution in [3.05, 3.63) is 32.7 Å². The molecule has 1 rings (SSSR count). The van der Waals surface area contributed by atoms with Crippen molar-refractivity contribution in [3.8, 4) is 0 Å². The predicted molar refractivity (Wildman–Crippen MR) is 59.7 cm³/mol. The van der Waals surface area contributed by atoms with Crippen LogP contribution in [0, 0.1) is 0 Å². The normalized spacial score (nSPS) is 14.2. The zero-order valence-electron chi connectivity index (χ0n) is 7.73. The third-order valence-corrected chi connectivity index (χ3v) is 3.21. The standard InChI is InChI=1S/C9H7Br2F4N/c10-4-1-2-6(11)5(3-4)7(16)9(14,15)8(12)13/h1-3,7-8H,16H2. The fraction of sp³-hybridized carbons (Fsp3) is 0.333. The van der Waals surface area contributed by atoms with Gasteiger partial charge in [-0.25, -0.2) is 8.78 Å². The van der Waals surface area contributed by atoms with E-state index in [1.54, 1.807) is 6.07 Å². The van der Waals surface area contributed by atoms with Crippen molar-refractivity contribution in [1.82, 2.24) is 0 Å². The van der Waals surface area contributed by atoms with E-state index in [-0.39, 0.29) is 10.0 Å². The first-order valence-corrected chi connectivity index (χ1v) is 5.72. The van der Waals surface area contributed by atoms with Crippen molar-refractivity contribution in [1.29, 1.82) is 0 Å². The zero-order chi connectivity index (χ0) is 12.5. The van der Waals surface area contributed by atoms with Crippen LogP contribution in [-0.2, 0) is 0 Å². The van der Waals surface area contributed by atoms with Gasteiger partial charge in [0.2, 0.25) is 0 Å². The molecule has 0 bridgehead atoms. The Hall–Kier alpha value is -0.140. The van der Waals surface area contributed by atoms with Gasteiger partial charge in [0, 0.05) is 8.95 Å². The number of alkyl halides is 4. The highest BCUT2D eigenvalue weighted by atomic mass is 79.9. The van der Waals surface area contributed by atoms with E-state index in [9.17, 15) is 17.6 Å². The highest BCUT2D eigenvalue weighted by molar-refractivity contribution is 9.11. The number of benzene rings is 1. The molecule has 0 aromatic heterocycles. The van der Waals surface area contributed by atoms with Gasteiger partial charge in [0.1, 0.15) is 6.04 Å². The van der Waals surface area contributed by atoms with E-state index in [0.717, 1.165) is 0 Å². The molecule has 1 nitrogen and oxygen atoms in total. The molecule has 0 saturated heterocycles. The van der Waals surface area contributed by atoms with E-state index >= 15 is 0 Å². The van der Waals surface area contributed by atoms with Gasteiger partial charge in [0.05, 0.1) is 0 Å².